The molecule has 0 spiro atoms. The Morgan fingerprint density at radius 3 is 1.57 bits per heavy atom. The van der Waals surface area contributed by atoms with E-state index in [0.29, 0.717) is 19.3 Å². The van der Waals surface area contributed by atoms with E-state index in [1.807, 2.05) is 0 Å². The van der Waals surface area contributed by atoms with Gasteiger partial charge in [0.15, 0.2) is 23.3 Å². The summed E-state index contributed by atoms with van der Waals surface area (Å²) in [4.78, 5) is 0. The second kappa shape index (κ2) is 6.22. The van der Waals surface area contributed by atoms with Gasteiger partial charge >= 0.3 is 17.8 Å². The first-order valence-corrected chi connectivity index (χ1v) is 8.41. The van der Waals surface area contributed by atoms with Gasteiger partial charge < -0.3 is 0 Å². The van der Waals surface area contributed by atoms with Crippen molar-refractivity contribution in [2.45, 2.75) is 62.0 Å². The molecule has 0 aromatic heterocycles. The molecule has 0 N–H and O–H groups in total. The van der Waals surface area contributed by atoms with Gasteiger partial charge in [-0.15, -0.1) is 0 Å². The van der Waals surface area contributed by atoms with Gasteiger partial charge in [0.05, 0.1) is 5.56 Å². The van der Waals surface area contributed by atoms with Crippen molar-refractivity contribution < 1.29 is 48.3 Å². The number of benzene rings is 1. The molecule has 1 aromatic rings. The lowest BCUT2D eigenvalue weighted by Gasteiger charge is -2.48. The van der Waals surface area contributed by atoms with Gasteiger partial charge in [0.1, 0.15) is 0 Å². The lowest BCUT2D eigenvalue weighted by atomic mass is 9.67. The minimum atomic E-state index is -6.52. The number of hydrogen-bond donors (Lipinski definition) is 0. The molecule has 158 valence electrons. The molecule has 0 aliphatic heterocycles. The largest absolute Gasteiger partial charge is 0.380 e. The van der Waals surface area contributed by atoms with E-state index in [-0.39, 0.29) is 12.8 Å². The molecule has 28 heavy (non-hydrogen) atoms. The molecule has 0 radical (unpaired) electrons. The van der Waals surface area contributed by atoms with Gasteiger partial charge in [0.25, 0.3) is 0 Å². The summed E-state index contributed by atoms with van der Waals surface area (Å²) in [5.41, 5.74) is -10.4. The quantitative estimate of drug-likeness (QED) is 0.279. The molecule has 1 aromatic carbocycles. The van der Waals surface area contributed by atoms with Crippen LogP contribution in [0.4, 0.5) is 48.3 Å². The van der Waals surface area contributed by atoms with Crippen LogP contribution < -0.4 is 0 Å². The van der Waals surface area contributed by atoms with Crippen molar-refractivity contribution in [3.8, 4) is 0 Å². The molecule has 3 rings (SSSR count). The first-order valence-electron chi connectivity index (χ1n) is 8.41. The summed E-state index contributed by atoms with van der Waals surface area (Å²) in [5, 5.41) is 0. The van der Waals surface area contributed by atoms with Crippen molar-refractivity contribution in [1.29, 1.82) is 0 Å². The van der Waals surface area contributed by atoms with Crippen LogP contribution in [0, 0.1) is 29.2 Å². The minimum Gasteiger partial charge on any atom is -0.232 e. The van der Waals surface area contributed by atoms with Gasteiger partial charge in [-0.25, -0.2) is 22.0 Å². The zero-order valence-corrected chi connectivity index (χ0v) is 14.0. The maximum absolute atomic E-state index is 15.5. The van der Waals surface area contributed by atoms with Gasteiger partial charge in [-0.3, -0.25) is 0 Å². The van der Waals surface area contributed by atoms with Gasteiger partial charge in [-0.2, -0.15) is 26.3 Å². The van der Waals surface area contributed by atoms with Gasteiger partial charge in [0, 0.05) is 5.56 Å². The minimum absolute atomic E-state index is 0.0484. The molecule has 2 aliphatic rings. The normalized spacial score (nSPS) is 28.8. The van der Waals surface area contributed by atoms with Crippen LogP contribution in [0.1, 0.15) is 49.7 Å². The van der Waals surface area contributed by atoms with Gasteiger partial charge in [0.2, 0.25) is 5.67 Å². The van der Waals surface area contributed by atoms with Crippen LogP contribution in [0.15, 0.2) is 0 Å². The van der Waals surface area contributed by atoms with Crippen molar-refractivity contribution in [2.75, 3.05) is 0 Å². The van der Waals surface area contributed by atoms with Crippen LogP contribution in [0.2, 0.25) is 0 Å². The zero-order chi connectivity index (χ0) is 21.3. The summed E-state index contributed by atoms with van der Waals surface area (Å²) in [5.74, 6) is -31.6. The molecule has 11 heteroatoms. The van der Waals surface area contributed by atoms with Crippen molar-refractivity contribution in [1.82, 2.24) is 0 Å². The van der Waals surface area contributed by atoms with E-state index < -0.39 is 70.2 Å². The zero-order valence-electron chi connectivity index (χ0n) is 14.0. The van der Waals surface area contributed by atoms with E-state index in [4.69, 9.17) is 0 Å². The third-order valence-corrected chi connectivity index (χ3v) is 5.56. The van der Waals surface area contributed by atoms with Crippen LogP contribution in [0.3, 0.4) is 0 Å². The maximum Gasteiger partial charge on any atom is 0.380 e. The summed E-state index contributed by atoms with van der Waals surface area (Å²) in [7, 11) is 0. The topological polar surface area (TPSA) is 0 Å². The summed E-state index contributed by atoms with van der Waals surface area (Å²) in [6.07, 6.45) is -0.0692. The highest BCUT2D eigenvalue weighted by Gasteiger charge is 2.85. The first kappa shape index (κ1) is 21.2. The molecule has 1 atom stereocenters. The Bertz CT molecular complexity index is 795. The second-order valence-electron chi connectivity index (χ2n) is 7.24. The molecular formula is C17H13F11. The predicted molar refractivity (Wildman–Crippen MR) is 74.0 cm³/mol. The Morgan fingerprint density at radius 1 is 0.607 bits per heavy atom. The van der Waals surface area contributed by atoms with Crippen LogP contribution >= 0.6 is 0 Å². The highest BCUT2D eigenvalue weighted by Crippen LogP contribution is 2.67. The molecule has 1 saturated carbocycles. The number of fused-ring (bicyclic) bond motifs is 1. The second-order valence-corrected chi connectivity index (χ2v) is 7.24. The molecule has 0 bridgehead atoms. The van der Waals surface area contributed by atoms with Crippen LogP contribution in [0.5, 0.6) is 0 Å². The van der Waals surface area contributed by atoms with Crippen molar-refractivity contribution in [2.24, 2.45) is 5.92 Å². The highest BCUT2D eigenvalue weighted by atomic mass is 19.3. The summed E-state index contributed by atoms with van der Waals surface area (Å²) in [6.45, 7) is 0. The van der Waals surface area contributed by atoms with E-state index in [2.05, 4.69) is 0 Å². The maximum atomic E-state index is 15.5. The van der Waals surface area contributed by atoms with Crippen molar-refractivity contribution in [3.05, 3.63) is 34.4 Å². The van der Waals surface area contributed by atoms with E-state index in [1.165, 1.54) is 0 Å². The Morgan fingerprint density at radius 2 is 1.07 bits per heavy atom. The van der Waals surface area contributed by atoms with E-state index >= 15 is 4.39 Å². The predicted octanol–water partition coefficient (Wildman–Crippen LogP) is 6.75. The highest BCUT2D eigenvalue weighted by molar-refractivity contribution is 5.47. The summed E-state index contributed by atoms with van der Waals surface area (Å²) >= 11 is 0. The monoisotopic (exact) mass is 426 g/mol. The van der Waals surface area contributed by atoms with Crippen molar-refractivity contribution >= 4 is 0 Å². The molecule has 0 nitrogen and oxygen atoms in total. The van der Waals surface area contributed by atoms with E-state index in [1.54, 1.807) is 0 Å². The third-order valence-electron chi connectivity index (χ3n) is 5.56. The van der Waals surface area contributed by atoms with Crippen molar-refractivity contribution in [3.63, 3.8) is 0 Å². The average Bonchev–Trinajstić information content (AvgIpc) is 2.61. The Kier molecular flexibility index (Phi) is 4.70. The van der Waals surface area contributed by atoms with E-state index in [0.717, 1.165) is 0 Å². The molecule has 0 amide bonds. The lowest BCUT2D eigenvalue weighted by Crippen LogP contribution is -2.66. The number of hydrogen-bond acceptors (Lipinski definition) is 0. The fraction of sp³-hybridized carbons (Fsp3) is 0.647. The standard InChI is InChI=1S/C17H13F11/c18-10-8-9(11(19)13(21)12(10)20)15(23,24)17(27,28)16(25,26)14(8,22)6-7-4-2-1-3-5-7/h7H,1-6H2. The Hall–Kier alpha value is -1.55. The Balaban J connectivity index is 2.36. The van der Waals surface area contributed by atoms with Gasteiger partial charge in [-0.05, 0) is 12.3 Å². The fourth-order valence-electron chi connectivity index (χ4n) is 4.08. The lowest BCUT2D eigenvalue weighted by molar-refractivity contribution is -0.366. The first-order chi connectivity index (χ1) is 12.7. The molecule has 1 unspecified atom stereocenters. The average molecular weight is 426 g/mol. The molecule has 1 fully saturated rings. The number of alkyl halides is 7. The van der Waals surface area contributed by atoms with Crippen LogP contribution in [-0.2, 0) is 11.6 Å². The number of halogens is 11. The van der Waals surface area contributed by atoms with Crippen LogP contribution in [-0.4, -0.2) is 11.8 Å². The molecule has 0 heterocycles. The fourth-order valence-corrected chi connectivity index (χ4v) is 4.08. The summed E-state index contributed by atoms with van der Waals surface area (Å²) in [6, 6.07) is 0. The van der Waals surface area contributed by atoms with Gasteiger partial charge in [-0.1, -0.05) is 32.1 Å². The molecular weight excluding hydrogens is 413 g/mol. The third kappa shape index (κ3) is 2.43. The number of rotatable bonds is 2. The summed E-state index contributed by atoms with van der Waals surface area (Å²) < 4.78 is 155. The molecule has 2 aliphatic carbocycles. The smallest absolute Gasteiger partial charge is 0.232 e. The SMILES string of the molecule is Fc1c(F)c(F)c2c(c1F)C(F)(F)C(F)(F)C(F)(F)C2(F)CC1CCCCC1. The Labute approximate surface area is 151 Å². The molecule has 0 saturated heterocycles. The van der Waals surface area contributed by atoms with Crippen LogP contribution in [0.25, 0.3) is 0 Å². The van der Waals surface area contributed by atoms with E-state index in [9.17, 15) is 43.9 Å².